The number of rotatable bonds is 6. The number of amides is 2. The van der Waals surface area contributed by atoms with Crippen molar-refractivity contribution in [1.29, 1.82) is 0 Å². The van der Waals surface area contributed by atoms with Gasteiger partial charge >= 0.3 is 6.03 Å². The molecule has 2 amide bonds. The van der Waals surface area contributed by atoms with Gasteiger partial charge in [-0.25, -0.2) is 9.48 Å². The van der Waals surface area contributed by atoms with Gasteiger partial charge in [0.2, 0.25) is 0 Å². The van der Waals surface area contributed by atoms with Crippen molar-refractivity contribution in [2.75, 3.05) is 11.9 Å². The van der Waals surface area contributed by atoms with E-state index in [1.807, 2.05) is 42.9 Å². The van der Waals surface area contributed by atoms with E-state index in [4.69, 9.17) is 0 Å². The first-order chi connectivity index (χ1) is 13.0. The van der Waals surface area contributed by atoms with Gasteiger partial charge in [-0.3, -0.25) is 4.68 Å². The maximum Gasteiger partial charge on any atom is 0.319 e. The highest BCUT2D eigenvalue weighted by atomic mass is 16.2. The summed E-state index contributed by atoms with van der Waals surface area (Å²) in [6.07, 6.45) is 3.29. The molecule has 0 aliphatic rings. The van der Waals surface area contributed by atoms with Gasteiger partial charge in [0, 0.05) is 37.1 Å². The first kappa shape index (κ1) is 18.6. The molecule has 0 saturated carbocycles. The lowest BCUT2D eigenvalue weighted by Crippen LogP contribution is -2.34. The molecule has 0 spiro atoms. The van der Waals surface area contributed by atoms with Crippen molar-refractivity contribution in [3.8, 4) is 5.69 Å². The Balaban J connectivity index is 1.67. The zero-order valence-corrected chi connectivity index (χ0v) is 15.9. The number of carbonyl (C=O) groups excluding carboxylic acids is 1. The topological polar surface area (TPSA) is 103 Å². The van der Waals surface area contributed by atoms with E-state index in [9.17, 15) is 4.79 Å². The van der Waals surface area contributed by atoms with Gasteiger partial charge in [0.25, 0.3) is 0 Å². The summed E-state index contributed by atoms with van der Waals surface area (Å²) in [5.41, 5.74) is 3.54. The molecule has 9 nitrogen and oxygen atoms in total. The van der Waals surface area contributed by atoms with Crippen molar-refractivity contribution < 1.29 is 4.79 Å². The van der Waals surface area contributed by atoms with Crippen LogP contribution in [-0.2, 0) is 7.05 Å². The first-order valence-electron chi connectivity index (χ1n) is 8.82. The van der Waals surface area contributed by atoms with Gasteiger partial charge in [-0.05, 0) is 47.0 Å². The van der Waals surface area contributed by atoms with E-state index in [1.54, 1.807) is 10.9 Å². The van der Waals surface area contributed by atoms with Crippen LogP contribution in [0.4, 0.5) is 10.5 Å². The van der Waals surface area contributed by atoms with Gasteiger partial charge in [-0.2, -0.15) is 5.10 Å². The smallest absolute Gasteiger partial charge is 0.319 e. The molecule has 0 aliphatic heterocycles. The van der Waals surface area contributed by atoms with Crippen LogP contribution >= 0.6 is 0 Å². The average molecular weight is 368 g/mol. The molecule has 27 heavy (non-hydrogen) atoms. The van der Waals surface area contributed by atoms with Crippen molar-refractivity contribution in [3.05, 3.63) is 48.0 Å². The highest BCUT2D eigenvalue weighted by molar-refractivity contribution is 5.90. The van der Waals surface area contributed by atoms with Crippen LogP contribution in [0.15, 0.2) is 36.8 Å². The molecule has 0 radical (unpaired) electrons. The highest BCUT2D eigenvalue weighted by Gasteiger charge is 2.20. The number of nitrogens with one attached hydrogen (secondary N) is 2. The lowest BCUT2D eigenvalue weighted by atomic mass is 9.92. The van der Waals surface area contributed by atoms with Crippen LogP contribution in [-0.4, -0.2) is 42.6 Å². The summed E-state index contributed by atoms with van der Waals surface area (Å²) in [7, 11) is 1.92. The molecular formula is C18H24N8O. The molecule has 0 unspecified atom stereocenters. The standard InChI is InChI=1S/C18H24N8O/c1-12(2)15(17-7-8-21-25(17)4)10-19-18(27)22-16-9-14(6-5-13(16)3)26-11-20-23-24-26/h5-9,11-12,15H,10H2,1-4H3,(H2,19,22,27)/t15-/m1/s1. The lowest BCUT2D eigenvalue weighted by molar-refractivity contribution is 0.250. The molecule has 0 fully saturated rings. The van der Waals surface area contributed by atoms with Gasteiger partial charge in [0.05, 0.1) is 5.69 Å². The van der Waals surface area contributed by atoms with Crippen molar-refractivity contribution in [2.24, 2.45) is 13.0 Å². The molecule has 9 heteroatoms. The summed E-state index contributed by atoms with van der Waals surface area (Å²) in [4.78, 5) is 12.5. The Morgan fingerprint density at radius 1 is 1.26 bits per heavy atom. The second kappa shape index (κ2) is 7.98. The van der Waals surface area contributed by atoms with Crippen molar-refractivity contribution in [1.82, 2.24) is 35.3 Å². The Morgan fingerprint density at radius 3 is 2.70 bits per heavy atom. The molecule has 2 aromatic heterocycles. The fourth-order valence-corrected chi connectivity index (χ4v) is 2.97. The largest absolute Gasteiger partial charge is 0.337 e. The Kier molecular flexibility index (Phi) is 5.49. The van der Waals surface area contributed by atoms with E-state index in [0.717, 1.165) is 16.9 Å². The van der Waals surface area contributed by atoms with E-state index in [2.05, 4.69) is 45.1 Å². The summed E-state index contributed by atoms with van der Waals surface area (Å²) in [5, 5.41) is 21.3. The fourth-order valence-electron chi connectivity index (χ4n) is 2.97. The summed E-state index contributed by atoms with van der Waals surface area (Å²) in [5.74, 6) is 0.544. The minimum Gasteiger partial charge on any atom is -0.337 e. The molecule has 1 atom stereocenters. The van der Waals surface area contributed by atoms with E-state index in [1.165, 1.54) is 6.33 Å². The van der Waals surface area contributed by atoms with E-state index in [0.29, 0.717) is 18.2 Å². The number of urea groups is 1. The van der Waals surface area contributed by atoms with Crippen LogP contribution in [0, 0.1) is 12.8 Å². The zero-order valence-electron chi connectivity index (χ0n) is 15.9. The van der Waals surface area contributed by atoms with Crippen LogP contribution in [0.3, 0.4) is 0 Å². The number of aromatic nitrogens is 6. The Bertz CT molecular complexity index is 900. The van der Waals surface area contributed by atoms with E-state index in [-0.39, 0.29) is 11.9 Å². The third-order valence-electron chi connectivity index (χ3n) is 4.61. The maximum absolute atomic E-state index is 12.5. The minimum atomic E-state index is -0.250. The quantitative estimate of drug-likeness (QED) is 0.695. The Hall–Kier alpha value is -3.23. The summed E-state index contributed by atoms with van der Waals surface area (Å²) in [6, 6.07) is 7.39. The van der Waals surface area contributed by atoms with Crippen LogP contribution < -0.4 is 10.6 Å². The second-order valence-corrected chi connectivity index (χ2v) is 6.82. The van der Waals surface area contributed by atoms with Gasteiger partial charge < -0.3 is 10.6 Å². The molecule has 3 rings (SSSR count). The second-order valence-electron chi connectivity index (χ2n) is 6.82. The number of carbonyl (C=O) groups is 1. The lowest BCUT2D eigenvalue weighted by Gasteiger charge is -2.22. The predicted molar refractivity (Wildman–Crippen MR) is 102 cm³/mol. The van der Waals surface area contributed by atoms with Crippen LogP contribution in [0.5, 0.6) is 0 Å². The van der Waals surface area contributed by atoms with Crippen molar-refractivity contribution in [2.45, 2.75) is 26.7 Å². The third kappa shape index (κ3) is 4.30. The SMILES string of the molecule is Cc1ccc(-n2cnnn2)cc1NC(=O)NC[C@@H](c1ccnn1C)C(C)C. The molecular weight excluding hydrogens is 344 g/mol. The van der Waals surface area contributed by atoms with Gasteiger partial charge in [-0.15, -0.1) is 5.10 Å². The molecule has 2 N–H and O–H groups in total. The summed E-state index contributed by atoms with van der Waals surface area (Å²) < 4.78 is 3.39. The highest BCUT2D eigenvalue weighted by Crippen LogP contribution is 2.23. The number of anilines is 1. The zero-order chi connectivity index (χ0) is 19.4. The number of hydrogen-bond donors (Lipinski definition) is 2. The number of benzene rings is 1. The fraction of sp³-hybridized carbons (Fsp3) is 0.389. The predicted octanol–water partition coefficient (Wildman–Crippen LogP) is 2.27. The van der Waals surface area contributed by atoms with Gasteiger partial charge in [-0.1, -0.05) is 19.9 Å². The monoisotopic (exact) mass is 368 g/mol. The number of aryl methyl sites for hydroxylation is 2. The maximum atomic E-state index is 12.5. The summed E-state index contributed by atoms with van der Waals surface area (Å²) >= 11 is 0. The molecule has 0 bridgehead atoms. The van der Waals surface area contributed by atoms with Crippen molar-refractivity contribution in [3.63, 3.8) is 0 Å². The number of hydrogen-bond acceptors (Lipinski definition) is 5. The molecule has 0 saturated heterocycles. The minimum absolute atomic E-state index is 0.178. The average Bonchev–Trinajstić information content (AvgIpc) is 3.29. The normalized spacial score (nSPS) is 12.2. The van der Waals surface area contributed by atoms with Crippen LogP contribution in [0.2, 0.25) is 0 Å². The third-order valence-corrected chi connectivity index (χ3v) is 4.61. The molecule has 3 aromatic rings. The molecule has 142 valence electrons. The first-order valence-corrected chi connectivity index (χ1v) is 8.82. The van der Waals surface area contributed by atoms with Crippen molar-refractivity contribution >= 4 is 11.7 Å². The van der Waals surface area contributed by atoms with Crippen LogP contribution in [0.25, 0.3) is 5.69 Å². The molecule has 2 heterocycles. The van der Waals surface area contributed by atoms with E-state index < -0.39 is 0 Å². The van der Waals surface area contributed by atoms with E-state index >= 15 is 0 Å². The van der Waals surface area contributed by atoms with Crippen LogP contribution in [0.1, 0.15) is 31.0 Å². The molecule has 1 aromatic carbocycles. The van der Waals surface area contributed by atoms with Gasteiger partial charge in [0.1, 0.15) is 6.33 Å². The summed E-state index contributed by atoms with van der Waals surface area (Å²) in [6.45, 7) is 6.73. The number of tetrazole rings is 1. The number of nitrogens with zero attached hydrogens (tertiary/aromatic N) is 6. The Morgan fingerprint density at radius 2 is 2.07 bits per heavy atom. The Labute approximate surface area is 157 Å². The molecule has 0 aliphatic carbocycles. The van der Waals surface area contributed by atoms with Gasteiger partial charge in [0.15, 0.2) is 0 Å².